The average molecular weight is 290 g/mol. The molecule has 0 aromatic carbocycles. The van der Waals surface area contributed by atoms with E-state index in [1.54, 1.807) is 14.0 Å². The van der Waals surface area contributed by atoms with Crippen molar-refractivity contribution >= 4 is 11.6 Å². The molecule has 1 heterocycles. The van der Waals surface area contributed by atoms with E-state index in [0.717, 1.165) is 12.8 Å². The molecule has 5 nitrogen and oxygen atoms in total. The van der Waals surface area contributed by atoms with Crippen LogP contribution in [-0.2, 0) is 0 Å². The standard InChI is InChI=1S/C12H17F3N4O/c1-6-9(16-2)18-11(7-3-4-7)19-10(6)17-5-8(20)12(13,14)15/h7-8,20H,3-5H2,1-2H3,(H2,16,17,18,19). The molecule has 0 bridgehead atoms. The number of halogens is 3. The predicted octanol–water partition coefficient (Wildman–Crippen LogP) is 2.04. The van der Waals surface area contributed by atoms with Crippen LogP contribution in [0.4, 0.5) is 24.8 Å². The van der Waals surface area contributed by atoms with Crippen LogP contribution in [0.15, 0.2) is 0 Å². The molecule has 1 aromatic heterocycles. The van der Waals surface area contributed by atoms with Crippen molar-refractivity contribution in [1.29, 1.82) is 0 Å². The van der Waals surface area contributed by atoms with E-state index in [0.29, 0.717) is 23.0 Å². The number of hydrogen-bond acceptors (Lipinski definition) is 5. The molecule has 1 aromatic rings. The van der Waals surface area contributed by atoms with Crippen LogP contribution < -0.4 is 10.6 Å². The van der Waals surface area contributed by atoms with Crippen molar-refractivity contribution < 1.29 is 18.3 Å². The summed E-state index contributed by atoms with van der Waals surface area (Å²) in [4.78, 5) is 8.60. The summed E-state index contributed by atoms with van der Waals surface area (Å²) in [6.45, 7) is 1.08. The van der Waals surface area contributed by atoms with Gasteiger partial charge in [-0.15, -0.1) is 0 Å². The molecular formula is C12H17F3N4O. The van der Waals surface area contributed by atoms with Crippen molar-refractivity contribution in [2.24, 2.45) is 0 Å². The van der Waals surface area contributed by atoms with Gasteiger partial charge in [0, 0.05) is 18.5 Å². The van der Waals surface area contributed by atoms with E-state index in [4.69, 9.17) is 5.11 Å². The van der Waals surface area contributed by atoms with Crippen LogP contribution >= 0.6 is 0 Å². The van der Waals surface area contributed by atoms with Gasteiger partial charge in [0.25, 0.3) is 0 Å². The number of nitrogens with one attached hydrogen (secondary N) is 2. The van der Waals surface area contributed by atoms with E-state index in [2.05, 4.69) is 20.6 Å². The van der Waals surface area contributed by atoms with Crippen molar-refractivity contribution in [1.82, 2.24) is 9.97 Å². The molecule has 0 spiro atoms. The van der Waals surface area contributed by atoms with Crippen molar-refractivity contribution in [2.45, 2.75) is 38.0 Å². The maximum atomic E-state index is 12.3. The number of alkyl halides is 3. The number of aromatic nitrogens is 2. The average Bonchev–Trinajstić information content (AvgIpc) is 3.20. The highest BCUT2D eigenvalue weighted by atomic mass is 19.4. The first-order valence-electron chi connectivity index (χ1n) is 6.38. The highest BCUT2D eigenvalue weighted by Crippen LogP contribution is 2.39. The Morgan fingerprint density at radius 3 is 2.40 bits per heavy atom. The lowest BCUT2D eigenvalue weighted by molar-refractivity contribution is -0.198. The van der Waals surface area contributed by atoms with Gasteiger partial charge in [-0.2, -0.15) is 13.2 Å². The minimum absolute atomic E-state index is 0.288. The minimum atomic E-state index is -4.64. The van der Waals surface area contributed by atoms with Crippen LogP contribution in [0.3, 0.4) is 0 Å². The summed E-state index contributed by atoms with van der Waals surface area (Å²) >= 11 is 0. The lowest BCUT2D eigenvalue weighted by Gasteiger charge is -2.17. The fraction of sp³-hybridized carbons (Fsp3) is 0.667. The Bertz CT molecular complexity index is 488. The van der Waals surface area contributed by atoms with E-state index in [1.165, 1.54) is 0 Å². The van der Waals surface area contributed by atoms with Crippen molar-refractivity contribution in [3.05, 3.63) is 11.4 Å². The summed E-state index contributed by atoms with van der Waals surface area (Å²) in [5.41, 5.74) is 0.631. The van der Waals surface area contributed by atoms with Crippen molar-refractivity contribution in [3.63, 3.8) is 0 Å². The Hall–Kier alpha value is -1.57. The van der Waals surface area contributed by atoms with Crippen LogP contribution in [0.2, 0.25) is 0 Å². The summed E-state index contributed by atoms with van der Waals surface area (Å²) < 4.78 is 36.8. The van der Waals surface area contributed by atoms with Crippen LogP contribution in [0.1, 0.15) is 30.1 Å². The second kappa shape index (κ2) is 5.43. The Kier molecular flexibility index (Phi) is 4.03. The molecule has 3 N–H and O–H groups in total. The normalized spacial score (nSPS) is 16.9. The third kappa shape index (κ3) is 3.30. The summed E-state index contributed by atoms with van der Waals surface area (Å²) in [6.07, 6.45) is -5.06. The molecule has 1 aliphatic carbocycles. The Balaban J connectivity index is 2.15. The van der Waals surface area contributed by atoms with Gasteiger partial charge < -0.3 is 15.7 Å². The molecule has 0 saturated heterocycles. The fourth-order valence-electron chi connectivity index (χ4n) is 1.78. The Labute approximate surface area is 114 Å². The predicted molar refractivity (Wildman–Crippen MR) is 68.8 cm³/mol. The summed E-state index contributed by atoms with van der Waals surface area (Å²) in [5, 5.41) is 14.5. The SMILES string of the molecule is CNc1nc(C2CC2)nc(NCC(O)C(F)(F)F)c1C. The summed E-state index contributed by atoms with van der Waals surface area (Å²) in [6, 6.07) is 0. The number of hydrogen-bond donors (Lipinski definition) is 3. The number of nitrogens with zero attached hydrogens (tertiary/aromatic N) is 2. The zero-order valence-electron chi connectivity index (χ0n) is 11.3. The molecule has 0 radical (unpaired) electrons. The first-order valence-corrected chi connectivity index (χ1v) is 6.38. The van der Waals surface area contributed by atoms with Gasteiger partial charge in [-0.25, -0.2) is 9.97 Å². The van der Waals surface area contributed by atoms with E-state index in [9.17, 15) is 13.2 Å². The molecular weight excluding hydrogens is 273 g/mol. The maximum Gasteiger partial charge on any atom is 0.416 e. The van der Waals surface area contributed by atoms with Gasteiger partial charge in [-0.3, -0.25) is 0 Å². The number of aliphatic hydroxyl groups is 1. The number of aliphatic hydroxyl groups excluding tert-OH is 1. The van der Waals surface area contributed by atoms with Gasteiger partial charge >= 0.3 is 6.18 Å². The van der Waals surface area contributed by atoms with Gasteiger partial charge in [-0.1, -0.05) is 0 Å². The van der Waals surface area contributed by atoms with E-state index in [1.807, 2.05) is 0 Å². The van der Waals surface area contributed by atoms with Gasteiger partial charge in [0.05, 0.1) is 6.54 Å². The summed E-state index contributed by atoms with van der Waals surface area (Å²) in [7, 11) is 1.69. The van der Waals surface area contributed by atoms with Crippen molar-refractivity contribution in [2.75, 3.05) is 24.2 Å². The zero-order valence-corrected chi connectivity index (χ0v) is 11.3. The third-order valence-corrected chi connectivity index (χ3v) is 3.18. The quantitative estimate of drug-likeness (QED) is 0.774. The van der Waals surface area contributed by atoms with Crippen LogP contribution in [0, 0.1) is 6.92 Å². The molecule has 1 atom stereocenters. The molecule has 1 saturated carbocycles. The van der Waals surface area contributed by atoms with E-state index in [-0.39, 0.29) is 5.92 Å². The van der Waals surface area contributed by atoms with Crippen LogP contribution in [0.25, 0.3) is 0 Å². The van der Waals surface area contributed by atoms with E-state index >= 15 is 0 Å². The zero-order chi connectivity index (χ0) is 14.9. The van der Waals surface area contributed by atoms with Gasteiger partial charge in [-0.05, 0) is 19.8 Å². The Morgan fingerprint density at radius 1 is 1.30 bits per heavy atom. The molecule has 0 aliphatic heterocycles. The van der Waals surface area contributed by atoms with Gasteiger partial charge in [0.15, 0.2) is 6.10 Å². The van der Waals surface area contributed by atoms with E-state index < -0.39 is 18.8 Å². The van der Waals surface area contributed by atoms with Crippen molar-refractivity contribution in [3.8, 4) is 0 Å². The third-order valence-electron chi connectivity index (χ3n) is 3.18. The lowest BCUT2D eigenvalue weighted by atomic mass is 10.2. The maximum absolute atomic E-state index is 12.3. The second-order valence-electron chi connectivity index (χ2n) is 4.87. The molecule has 1 unspecified atom stereocenters. The van der Waals surface area contributed by atoms with Gasteiger partial charge in [0.2, 0.25) is 0 Å². The molecule has 8 heteroatoms. The minimum Gasteiger partial charge on any atom is -0.382 e. The summed E-state index contributed by atoms with van der Waals surface area (Å²) in [5.74, 6) is 1.83. The number of rotatable bonds is 5. The van der Waals surface area contributed by atoms with Crippen LogP contribution in [-0.4, -0.2) is 40.9 Å². The molecule has 112 valence electrons. The second-order valence-corrected chi connectivity index (χ2v) is 4.87. The molecule has 2 rings (SSSR count). The number of anilines is 2. The molecule has 1 aliphatic rings. The molecule has 20 heavy (non-hydrogen) atoms. The van der Waals surface area contributed by atoms with Gasteiger partial charge in [0.1, 0.15) is 17.5 Å². The Morgan fingerprint density at radius 2 is 1.90 bits per heavy atom. The molecule has 0 amide bonds. The smallest absolute Gasteiger partial charge is 0.382 e. The largest absolute Gasteiger partial charge is 0.416 e. The highest BCUT2D eigenvalue weighted by Gasteiger charge is 2.38. The molecule has 1 fully saturated rings. The van der Waals surface area contributed by atoms with Crippen LogP contribution in [0.5, 0.6) is 0 Å². The monoisotopic (exact) mass is 290 g/mol. The highest BCUT2D eigenvalue weighted by molar-refractivity contribution is 5.57. The first kappa shape index (κ1) is 14.8. The topological polar surface area (TPSA) is 70.1 Å². The fourth-order valence-corrected chi connectivity index (χ4v) is 1.78. The lowest BCUT2D eigenvalue weighted by Crippen LogP contribution is -2.35. The first-order chi connectivity index (χ1) is 9.32.